The Bertz CT molecular complexity index is 1280. The number of aromatic nitrogens is 2. The topological polar surface area (TPSA) is 83.8 Å². The van der Waals surface area contributed by atoms with E-state index < -0.39 is 10.0 Å². The molecule has 0 aliphatic heterocycles. The molecule has 0 radical (unpaired) electrons. The minimum atomic E-state index is -3.86. The first-order valence-corrected chi connectivity index (χ1v) is 10.8. The van der Waals surface area contributed by atoms with Gasteiger partial charge in [0.15, 0.2) is 0 Å². The molecule has 0 aliphatic rings. The predicted molar refractivity (Wildman–Crippen MR) is 116 cm³/mol. The van der Waals surface area contributed by atoms with Crippen LogP contribution < -0.4 is 9.62 Å². The fourth-order valence-corrected chi connectivity index (χ4v) is 4.64. The molecule has 0 saturated heterocycles. The predicted octanol–water partition coefficient (Wildman–Crippen LogP) is 3.69. The number of nitrogens with zero attached hydrogens (tertiary/aromatic N) is 3. The number of amides is 1. The molecular formula is C22H20N4O3S. The van der Waals surface area contributed by atoms with Crippen LogP contribution in [-0.2, 0) is 21.4 Å². The molecule has 0 atom stereocenters. The molecule has 1 N–H and O–H groups in total. The van der Waals surface area contributed by atoms with Crippen molar-refractivity contribution in [1.29, 1.82) is 0 Å². The van der Waals surface area contributed by atoms with Gasteiger partial charge in [0.25, 0.3) is 10.0 Å². The highest BCUT2D eigenvalue weighted by Crippen LogP contribution is 2.27. The Hall–Kier alpha value is -3.65. The number of nitrogens with one attached hydrogen (secondary N) is 1. The highest BCUT2D eigenvalue weighted by molar-refractivity contribution is 7.92. The van der Waals surface area contributed by atoms with Crippen LogP contribution in [0.3, 0.4) is 0 Å². The third-order valence-corrected chi connectivity index (χ3v) is 6.39. The van der Waals surface area contributed by atoms with Crippen molar-refractivity contribution in [2.24, 2.45) is 0 Å². The molecule has 1 amide bonds. The van der Waals surface area contributed by atoms with Crippen LogP contribution in [0.25, 0.3) is 5.65 Å². The molecule has 4 aromatic rings. The Morgan fingerprint density at radius 1 is 1.00 bits per heavy atom. The number of benzene rings is 2. The summed E-state index contributed by atoms with van der Waals surface area (Å²) in [5.41, 5.74) is 2.58. The lowest BCUT2D eigenvalue weighted by Gasteiger charge is -2.24. The molecule has 0 aliphatic carbocycles. The van der Waals surface area contributed by atoms with Crippen molar-refractivity contribution in [3.8, 4) is 0 Å². The van der Waals surface area contributed by atoms with Crippen LogP contribution in [0, 0.1) is 0 Å². The van der Waals surface area contributed by atoms with Gasteiger partial charge >= 0.3 is 0 Å². The zero-order valence-corrected chi connectivity index (χ0v) is 17.1. The summed E-state index contributed by atoms with van der Waals surface area (Å²) in [4.78, 5) is 15.7. The standard InChI is InChI=1S/C22H20N4O3S/c1-17(27)24-18-10-12-21(13-11-18)30(28,29)26(19-7-3-2-4-8-19)16-20-15-23-22-9-5-6-14-25(20)22/h2-15H,16H2,1H3,(H,24,27). The fraction of sp³-hybridized carbons (Fsp3) is 0.0909. The number of pyridine rings is 1. The number of imidazole rings is 1. The van der Waals surface area contributed by atoms with E-state index in [2.05, 4.69) is 10.3 Å². The van der Waals surface area contributed by atoms with Gasteiger partial charge < -0.3 is 9.72 Å². The van der Waals surface area contributed by atoms with Crippen molar-refractivity contribution in [3.05, 3.63) is 90.9 Å². The summed E-state index contributed by atoms with van der Waals surface area (Å²) < 4.78 is 30.3. The summed E-state index contributed by atoms with van der Waals surface area (Å²) in [6, 6.07) is 20.7. The summed E-state index contributed by atoms with van der Waals surface area (Å²) in [6.45, 7) is 1.52. The van der Waals surface area contributed by atoms with Crippen molar-refractivity contribution < 1.29 is 13.2 Å². The summed E-state index contributed by atoms with van der Waals surface area (Å²) in [5.74, 6) is -0.218. The van der Waals surface area contributed by atoms with E-state index in [1.165, 1.54) is 23.4 Å². The van der Waals surface area contributed by atoms with Crippen molar-refractivity contribution >= 4 is 33.0 Å². The molecule has 152 valence electrons. The molecule has 2 heterocycles. The Morgan fingerprint density at radius 3 is 2.40 bits per heavy atom. The summed E-state index contributed by atoms with van der Waals surface area (Å²) in [6.07, 6.45) is 3.54. The van der Waals surface area contributed by atoms with E-state index in [-0.39, 0.29) is 17.3 Å². The molecule has 0 spiro atoms. The van der Waals surface area contributed by atoms with Gasteiger partial charge in [0.1, 0.15) is 5.65 Å². The molecule has 0 fully saturated rings. The number of anilines is 2. The molecule has 0 saturated carbocycles. The normalized spacial score (nSPS) is 11.4. The fourth-order valence-electron chi connectivity index (χ4n) is 3.20. The second-order valence-electron chi connectivity index (χ2n) is 6.73. The minimum Gasteiger partial charge on any atom is -0.326 e. The zero-order valence-electron chi connectivity index (χ0n) is 16.3. The smallest absolute Gasteiger partial charge is 0.264 e. The number of carbonyl (C=O) groups is 1. The lowest BCUT2D eigenvalue weighted by molar-refractivity contribution is -0.114. The van der Waals surface area contributed by atoms with Gasteiger partial charge in [-0.1, -0.05) is 24.3 Å². The maximum Gasteiger partial charge on any atom is 0.264 e. The SMILES string of the molecule is CC(=O)Nc1ccc(S(=O)(=O)N(Cc2cnc3ccccn23)c2ccccc2)cc1. The first-order chi connectivity index (χ1) is 14.4. The number of sulfonamides is 1. The quantitative estimate of drug-likeness (QED) is 0.516. The van der Waals surface area contributed by atoms with Gasteiger partial charge in [0, 0.05) is 18.8 Å². The van der Waals surface area contributed by atoms with Crippen LogP contribution in [0.1, 0.15) is 12.6 Å². The van der Waals surface area contributed by atoms with Crippen LogP contribution in [0.5, 0.6) is 0 Å². The molecular weight excluding hydrogens is 400 g/mol. The van der Waals surface area contributed by atoms with E-state index >= 15 is 0 Å². The third kappa shape index (κ3) is 3.90. The molecule has 0 unspecified atom stereocenters. The average molecular weight is 420 g/mol. The number of para-hydroxylation sites is 1. The second kappa shape index (κ2) is 8.00. The van der Waals surface area contributed by atoms with Gasteiger partial charge in [-0.25, -0.2) is 13.4 Å². The first-order valence-electron chi connectivity index (χ1n) is 9.31. The van der Waals surface area contributed by atoms with Gasteiger partial charge in [-0.15, -0.1) is 0 Å². The van der Waals surface area contributed by atoms with E-state index in [1.807, 2.05) is 34.9 Å². The van der Waals surface area contributed by atoms with Crippen molar-refractivity contribution in [3.63, 3.8) is 0 Å². The number of hydrogen-bond donors (Lipinski definition) is 1. The van der Waals surface area contributed by atoms with Crippen molar-refractivity contribution in [1.82, 2.24) is 9.38 Å². The summed E-state index contributed by atoms with van der Waals surface area (Å²) >= 11 is 0. The molecule has 2 aromatic carbocycles. The van der Waals surface area contributed by atoms with Gasteiger partial charge in [0.05, 0.1) is 29.0 Å². The number of hydrogen-bond acceptors (Lipinski definition) is 4. The van der Waals surface area contributed by atoms with Crippen molar-refractivity contribution in [2.45, 2.75) is 18.4 Å². The molecule has 30 heavy (non-hydrogen) atoms. The number of carbonyl (C=O) groups excluding carboxylic acids is 1. The highest BCUT2D eigenvalue weighted by atomic mass is 32.2. The summed E-state index contributed by atoms with van der Waals surface area (Å²) in [7, 11) is -3.86. The number of fused-ring (bicyclic) bond motifs is 1. The van der Waals surface area contributed by atoms with Gasteiger partial charge in [0.2, 0.25) is 5.91 Å². The summed E-state index contributed by atoms with van der Waals surface area (Å²) in [5, 5.41) is 2.64. The molecule has 7 nitrogen and oxygen atoms in total. The molecule has 2 aromatic heterocycles. The van der Waals surface area contributed by atoms with Crippen LogP contribution in [0.15, 0.2) is 90.1 Å². The van der Waals surface area contributed by atoms with E-state index in [1.54, 1.807) is 42.6 Å². The maximum absolute atomic E-state index is 13.5. The lowest BCUT2D eigenvalue weighted by atomic mass is 10.3. The van der Waals surface area contributed by atoms with E-state index in [0.29, 0.717) is 11.4 Å². The monoisotopic (exact) mass is 420 g/mol. The Labute approximate surface area is 174 Å². The third-order valence-electron chi connectivity index (χ3n) is 4.61. The van der Waals surface area contributed by atoms with Crippen LogP contribution in [-0.4, -0.2) is 23.7 Å². The maximum atomic E-state index is 13.5. The second-order valence-corrected chi connectivity index (χ2v) is 8.59. The average Bonchev–Trinajstić information content (AvgIpc) is 3.15. The largest absolute Gasteiger partial charge is 0.326 e. The Balaban J connectivity index is 1.75. The van der Waals surface area contributed by atoms with E-state index in [4.69, 9.17) is 0 Å². The Kier molecular flexibility index (Phi) is 5.24. The van der Waals surface area contributed by atoms with Gasteiger partial charge in [-0.2, -0.15) is 0 Å². The lowest BCUT2D eigenvalue weighted by Crippen LogP contribution is -2.31. The Morgan fingerprint density at radius 2 is 1.70 bits per heavy atom. The van der Waals surface area contributed by atoms with Crippen molar-refractivity contribution in [2.75, 3.05) is 9.62 Å². The van der Waals surface area contributed by atoms with Crippen LogP contribution in [0.4, 0.5) is 11.4 Å². The minimum absolute atomic E-state index is 0.116. The van der Waals surface area contributed by atoms with E-state index in [9.17, 15) is 13.2 Å². The highest BCUT2D eigenvalue weighted by Gasteiger charge is 2.26. The first kappa shape index (κ1) is 19.7. The zero-order chi connectivity index (χ0) is 21.1. The van der Waals surface area contributed by atoms with E-state index in [0.717, 1.165) is 11.3 Å². The van der Waals surface area contributed by atoms with Crippen LogP contribution in [0.2, 0.25) is 0 Å². The van der Waals surface area contributed by atoms with Gasteiger partial charge in [-0.05, 0) is 48.5 Å². The molecule has 0 bridgehead atoms. The van der Waals surface area contributed by atoms with Crippen LogP contribution >= 0.6 is 0 Å². The number of rotatable bonds is 6. The molecule has 4 rings (SSSR count). The van der Waals surface area contributed by atoms with Gasteiger partial charge in [-0.3, -0.25) is 9.10 Å². The molecule has 8 heteroatoms.